The van der Waals surface area contributed by atoms with Gasteiger partial charge in [-0.25, -0.2) is 0 Å². The minimum atomic E-state index is 0.527. The Bertz CT molecular complexity index is 1130. The first-order chi connectivity index (χ1) is 13.8. The third kappa shape index (κ3) is 4.13. The van der Waals surface area contributed by atoms with Gasteiger partial charge in [0.15, 0.2) is 0 Å². The van der Waals surface area contributed by atoms with Crippen molar-refractivity contribution < 1.29 is 0 Å². The quantitative estimate of drug-likeness (QED) is 0.335. The number of aromatic nitrogens is 1. The third-order valence-corrected chi connectivity index (χ3v) is 6.65. The van der Waals surface area contributed by atoms with Crippen molar-refractivity contribution in [1.29, 1.82) is 0 Å². The van der Waals surface area contributed by atoms with Crippen molar-refractivity contribution in [1.82, 2.24) is 4.98 Å². The molecule has 0 saturated heterocycles. The molecule has 2 heterocycles. The molecule has 0 fully saturated rings. The lowest BCUT2D eigenvalue weighted by Crippen LogP contribution is -1.94. The predicted molar refractivity (Wildman–Crippen MR) is 128 cm³/mol. The molecule has 0 aliphatic carbocycles. The fourth-order valence-electron chi connectivity index (χ4n) is 3.85. The number of nitrogens with zero attached hydrogens (tertiary/aromatic N) is 1. The van der Waals surface area contributed by atoms with Crippen LogP contribution in [0.3, 0.4) is 0 Å². The van der Waals surface area contributed by atoms with Gasteiger partial charge in [0, 0.05) is 16.6 Å². The van der Waals surface area contributed by atoms with E-state index < -0.39 is 0 Å². The summed E-state index contributed by atoms with van der Waals surface area (Å²) in [6.07, 6.45) is 2.03. The zero-order chi connectivity index (χ0) is 20.7. The van der Waals surface area contributed by atoms with E-state index in [1.54, 1.807) is 0 Å². The van der Waals surface area contributed by atoms with Crippen molar-refractivity contribution in [2.45, 2.75) is 53.4 Å². The molecule has 2 aromatic heterocycles. The first kappa shape index (κ1) is 19.8. The second-order valence-electron chi connectivity index (χ2n) is 8.79. The maximum absolute atomic E-state index is 4.77. The average molecular weight is 400 g/mol. The summed E-state index contributed by atoms with van der Waals surface area (Å²) < 4.78 is 1.24. The maximum atomic E-state index is 4.77. The Balaban J connectivity index is 1.80. The van der Waals surface area contributed by atoms with Crippen molar-refractivity contribution in [2.24, 2.45) is 0 Å². The number of hydrogen-bond donors (Lipinski definition) is 0. The fourth-order valence-corrected chi connectivity index (χ4v) is 4.85. The van der Waals surface area contributed by atoms with Gasteiger partial charge in [-0.1, -0.05) is 63.1 Å². The molecular formula is C27H29NS. The van der Waals surface area contributed by atoms with E-state index in [0.717, 1.165) is 5.69 Å². The first-order valence-electron chi connectivity index (χ1n) is 10.4. The highest BCUT2D eigenvalue weighted by atomic mass is 32.1. The van der Waals surface area contributed by atoms with E-state index in [4.69, 9.17) is 4.98 Å². The van der Waals surface area contributed by atoms with Crippen molar-refractivity contribution in [3.63, 3.8) is 0 Å². The van der Waals surface area contributed by atoms with Gasteiger partial charge in [0.2, 0.25) is 0 Å². The van der Waals surface area contributed by atoms with Crippen molar-refractivity contribution >= 4 is 21.4 Å². The molecule has 0 saturated carbocycles. The molecule has 0 aliphatic rings. The molecule has 0 unspecified atom stereocenters. The van der Waals surface area contributed by atoms with Gasteiger partial charge in [0.25, 0.3) is 0 Å². The summed E-state index contributed by atoms with van der Waals surface area (Å²) in [7, 11) is 0. The lowest BCUT2D eigenvalue weighted by atomic mass is 9.92. The standard InChI is InChI=1S/C27H29NS/c1-16(2)20-10-21(17(3)4)12-23(11-20)26-14-24-13-25(28-15-27(24)29-26)22-8-18(5)7-19(6)9-22/h7-17H,1-6H3. The highest BCUT2D eigenvalue weighted by Crippen LogP contribution is 2.37. The Labute approximate surface area is 178 Å². The lowest BCUT2D eigenvalue weighted by Gasteiger charge is -2.13. The number of benzene rings is 2. The molecule has 0 aliphatic heterocycles. The van der Waals surface area contributed by atoms with Crippen LogP contribution in [0.4, 0.5) is 0 Å². The molecule has 2 aromatic carbocycles. The molecular weight excluding hydrogens is 370 g/mol. The third-order valence-electron chi connectivity index (χ3n) is 5.52. The summed E-state index contributed by atoms with van der Waals surface area (Å²) in [6.45, 7) is 13.4. The van der Waals surface area contributed by atoms with Crippen LogP contribution in [-0.2, 0) is 0 Å². The van der Waals surface area contributed by atoms with E-state index in [1.807, 2.05) is 17.5 Å². The fraction of sp³-hybridized carbons (Fsp3) is 0.296. The molecule has 0 bridgehead atoms. The average Bonchev–Trinajstić information content (AvgIpc) is 3.10. The van der Waals surface area contributed by atoms with Gasteiger partial charge in [-0.2, -0.15) is 0 Å². The minimum Gasteiger partial charge on any atom is -0.255 e. The van der Waals surface area contributed by atoms with E-state index in [-0.39, 0.29) is 0 Å². The summed E-state index contributed by atoms with van der Waals surface area (Å²) in [4.78, 5) is 6.09. The van der Waals surface area contributed by atoms with Gasteiger partial charge in [-0.05, 0) is 72.0 Å². The Morgan fingerprint density at radius 1 is 0.690 bits per heavy atom. The molecule has 1 nitrogen and oxygen atoms in total. The molecule has 0 atom stereocenters. The first-order valence-corrected chi connectivity index (χ1v) is 11.3. The second-order valence-corrected chi connectivity index (χ2v) is 9.88. The number of rotatable bonds is 4. The van der Waals surface area contributed by atoms with Crippen LogP contribution in [-0.4, -0.2) is 4.98 Å². The lowest BCUT2D eigenvalue weighted by molar-refractivity contribution is 0.835. The van der Waals surface area contributed by atoms with Crippen molar-refractivity contribution in [3.8, 4) is 21.7 Å². The van der Waals surface area contributed by atoms with Crippen LogP contribution in [0.5, 0.6) is 0 Å². The van der Waals surface area contributed by atoms with E-state index in [2.05, 4.69) is 90.1 Å². The Morgan fingerprint density at radius 3 is 1.90 bits per heavy atom. The van der Waals surface area contributed by atoms with Crippen LogP contribution in [0.25, 0.3) is 31.8 Å². The zero-order valence-corrected chi connectivity index (χ0v) is 19.0. The molecule has 0 amide bonds. The molecule has 2 heteroatoms. The van der Waals surface area contributed by atoms with Gasteiger partial charge >= 0.3 is 0 Å². The van der Waals surface area contributed by atoms with Crippen LogP contribution < -0.4 is 0 Å². The Kier molecular flexibility index (Phi) is 5.31. The summed E-state index contributed by atoms with van der Waals surface area (Å²) in [5, 5.41) is 1.27. The SMILES string of the molecule is Cc1cc(C)cc(-c2cc3cc(-c4cc(C(C)C)cc(C(C)C)c4)sc3cn2)c1. The van der Waals surface area contributed by atoms with E-state index in [0.29, 0.717) is 11.8 Å². The molecule has 0 radical (unpaired) electrons. The maximum Gasteiger partial charge on any atom is 0.0709 e. The number of fused-ring (bicyclic) bond motifs is 1. The van der Waals surface area contributed by atoms with E-state index in [1.165, 1.54) is 48.3 Å². The summed E-state index contributed by atoms with van der Waals surface area (Å²) >= 11 is 1.84. The van der Waals surface area contributed by atoms with Crippen LogP contribution in [0.1, 0.15) is 61.8 Å². The zero-order valence-electron chi connectivity index (χ0n) is 18.2. The molecule has 29 heavy (non-hydrogen) atoms. The molecule has 0 N–H and O–H groups in total. The summed E-state index contributed by atoms with van der Waals surface area (Å²) in [6, 6.07) is 18.3. The minimum absolute atomic E-state index is 0.527. The molecule has 0 spiro atoms. The van der Waals surface area contributed by atoms with Crippen LogP contribution in [0, 0.1) is 13.8 Å². The number of aryl methyl sites for hydroxylation is 2. The summed E-state index contributed by atoms with van der Waals surface area (Å²) in [5.74, 6) is 1.05. The predicted octanol–water partition coefficient (Wildman–Crippen LogP) is 8.49. The van der Waals surface area contributed by atoms with Crippen LogP contribution >= 0.6 is 11.3 Å². The Morgan fingerprint density at radius 2 is 1.31 bits per heavy atom. The number of hydrogen-bond acceptors (Lipinski definition) is 2. The number of thiophene rings is 1. The molecule has 4 aromatic rings. The van der Waals surface area contributed by atoms with Crippen LogP contribution in [0.15, 0.2) is 54.7 Å². The topological polar surface area (TPSA) is 12.9 Å². The number of pyridine rings is 1. The van der Waals surface area contributed by atoms with E-state index in [9.17, 15) is 0 Å². The van der Waals surface area contributed by atoms with Gasteiger partial charge in [-0.3, -0.25) is 4.98 Å². The monoisotopic (exact) mass is 399 g/mol. The molecule has 4 rings (SSSR count). The van der Waals surface area contributed by atoms with Gasteiger partial charge in [0.1, 0.15) is 0 Å². The van der Waals surface area contributed by atoms with Crippen molar-refractivity contribution in [3.05, 3.63) is 77.0 Å². The van der Waals surface area contributed by atoms with Gasteiger partial charge in [-0.15, -0.1) is 11.3 Å². The van der Waals surface area contributed by atoms with Gasteiger partial charge in [0.05, 0.1) is 10.4 Å². The molecule has 148 valence electrons. The van der Waals surface area contributed by atoms with E-state index >= 15 is 0 Å². The van der Waals surface area contributed by atoms with Crippen LogP contribution in [0.2, 0.25) is 0 Å². The van der Waals surface area contributed by atoms with Gasteiger partial charge < -0.3 is 0 Å². The smallest absolute Gasteiger partial charge is 0.0709 e. The normalized spacial score (nSPS) is 11.7. The largest absolute Gasteiger partial charge is 0.255 e. The second kappa shape index (κ2) is 7.76. The highest BCUT2D eigenvalue weighted by molar-refractivity contribution is 7.22. The summed E-state index contributed by atoms with van der Waals surface area (Å²) in [5.41, 5.74) is 8.96. The highest BCUT2D eigenvalue weighted by Gasteiger charge is 2.12. The van der Waals surface area contributed by atoms with Crippen molar-refractivity contribution in [2.75, 3.05) is 0 Å². The Hall–Kier alpha value is -2.45.